The first-order chi connectivity index (χ1) is 12.4. The van der Waals surface area contributed by atoms with Crippen molar-refractivity contribution in [1.29, 1.82) is 0 Å². The molecule has 0 fully saturated rings. The van der Waals surface area contributed by atoms with Crippen molar-refractivity contribution < 1.29 is 27.7 Å². The van der Waals surface area contributed by atoms with Crippen LogP contribution in [0.1, 0.15) is 26.3 Å². The number of carbonyl (C=O) groups excluding carboxylic acids is 3. The van der Waals surface area contributed by atoms with Crippen molar-refractivity contribution in [3.8, 4) is 0 Å². The van der Waals surface area contributed by atoms with E-state index in [1.54, 1.807) is 45.0 Å². The van der Waals surface area contributed by atoms with Crippen LogP contribution in [0.4, 0.5) is 0 Å². The molecule has 0 bridgehead atoms. The first-order valence-electron chi connectivity index (χ1n) is 8.01. The van der Waals surface area contributed by atoms with Gasteiger partial charge in [0.1, 0.15) is 0 Å². The predicted molar refractivity (Wildman–Crippen MR) is 99.3 cm³/mol. The summed E-state index contributed by atoms with van der Waals surface area (Å²) in [6, 6.07) is 6.70. The zero-order valence-corrected chi connectivity index (χ0v) is 16.2. The molecule has 0 amide bonds. The monoisotopic (exact) mass is 374 g/mol. The molecule has 0 aliphatic rings. The maximum Gasteiger partial charge on any atom is 0.743 e. The van der Waals surface area contributed by atoms with Gasteiger partial charge in [-0.25, -0.2) is 14.4 Å². The first-order valence-corrected chi connectivity index (χ1v) is 9.73. The summed E-state index contributed by atoms with van der Waals surface area (Å²) < 4.78 is 16.2. The summed E-state index contributed by atoms with van der Waals surface area (Å²) in [6.07, 6.45) is 7.88. The van der Waals surface area contributed by atoms with E-state index < -0.39 is 26.7 Å². The molecule has 0 saturated carbocycles. The highest BCUT2D eigenvalue weighted by Crippen LogP contribution is 2.14. The number of benzene rings is 1. The predicted octanol–water partition coefficient (Wildman–Crippen LogP) is 2.50. The molecule has 0 N–H and O–H groups in total. The fourth-order valence-corrected chi connectivity index (χ4v) is 3.96. The smallest absolute Gasteiger partial charge is 0.448 e. The normalized spacial score (nSPS) is 13.7. The zero-order valence-electron chi connectivity index (χ0n) is 15.2. The number of rotatable bonds is 7. The number of hydrogen-bond donors (Lipinski definition) is 0. The van der Waals surface area contributed by atoms with Crippen LogP contribution in [0.5, 0.6) is 0 Å². The van der Waals surface area contributed by atoms with Crippen LogP contribution in [0.25, 0.3) is 0 Å². The Labute approximate surface area is 154 Å². The molecule has 0 radical (unpaired) electrons. The number of aryl methyl sites for hydroxylation is 1. The van der Waals surface area contributed by atoms with E-state index in [2.05, 4.69) is 0 Å². The summed E-state index contributed by atoms with van der Waals surface area (Å²) in [5, 5.41) is 0.316. The molecule has 0 atom stereocenters. The molecule has 0 unspecified atom stereocenters. The minimum atomic E-state index is -4.20. The summed E-state index contributed by atoms with van der Waals surface area (Å²) in [5.74, 6) is -2.33. The van der Waals surface area contributed by atoms with Crippen molar-refractivity contribution >= 4 is 31.9 Å². The minimum absolute atomic E-state index is 0.316. The van der Waals surface area contributed by atoms with Crippen LogP contribution in [0.15, 0.2) is 60.7 Å². The van der Waals surface area contributed by atoms with Gasteiger partial charge in [0.15, 0.2) is 0 Å². The highest BCUT2D eigenvalue weighted by Gasteiger charge is 2.55. The van der Waals surface area contributed by atoms with Gasteiger partial charge in [-0.1, -0.05) is 48.1 Å². The second kappa shape index (κ2) is 10.1. The minimum Gasteiger partial charge on any atom is -0.448 e. The molecule has 138 valence electrons. The lowest BCUT2D eigenvalue weighted by Crippen LogP contribution is -2.59. The van der Waals surface area contributed by atoms with Crippen LogP contribution < -0.4 is 5.19 Å². The molecule has 6 nitrogen and oxygen atoms in total. The van der Waals surface area contributed by atoms with E-state index in [0.29, 0.717) is 5.19 Å². The van der Waals surface area contributed by atoms with Gasteiger partial charge >= 0.3 is 26.7 Å². The van der Waals surface area contributed by atoms with E-state index in [4.69, 9.17) is 13.3 Å². The maximum absolute atomic E-state index is 12.1. The van der Waals surface area contributed by atoms with Crippen molar-refractivity contribution in [2.24, 2.45) is 0 Å². The molecule has 1 rings (SSSR count). The van der Waals surface area contributed by atoms with Gasteiger partial charge in [0.05, 0.1) is 5.19 Å². The van der Waals surface area contributed by atoms with Gasteiger partial charge in [0.25, 0.3) is 0 Å². The average molecular weight is 374 g/mol. The van der Waals surface area contributed by atoms with Crippen molar-refractivity contribution in [2.75, 3.05) is 0 Å². The largest absolute Gasteiger partial charge is 0.743 e. The van der Waals surface area contributed by atoms with Crippen LogP contribution in [-0.4, -0.2) is 26.7 Å². The fourth-order valence-electron chi connectivity index (χ4n) is 1.90. The van der Waals surface area contributed by atoms with E-state index in [0.717, 1.165) is 23.8 Å². The number of allylic oxidation sites excluding steroid dienone is 3. The molecule has 0 saturated heterocycles. The summed E-state index contributed by atoms with van der Waals surface area (Å²) in [4.78, 5) is 36.3. The lowest BCUT2D eigenvalue weighted by atomic mass is 10.2. The molecule has 1 aromatic rings. The van der Waals surface area contributed by atoms with Gasteiger partial charge in [-0.3, -0.25) is 0 Å². The summed E-state index contributed by atoms with van der Waals surface area (Å²) in [6.45, 7) is 6.77. The Morgan fingerprint density at radius 3 is 1.38 bits per heavy atom. The van der Waals surface area contributed by atoms with Gasteiger partial charge in [-0.15, -0.1) is 0 Å². The Bertz CT molecular complexity index is 666. The Balaban J connectivity index is 3.46. The highest BCUT2D eigenvalue weighted by atomic mass is 28.4. The first kappa shape index (κ1) is 21.1. The van der Waals surface area contributed by atoms with E-state index in [1.807, 2.05) is 6.92 Å². The third kappa shape index (κ3) is 6.17. The third-order valence-electron chi connectivity index (χ3n) is 3.02. The van der Waals surface area contributed by atoms with Crippen LogP contribution in [0.3, 0.4) is 0 Å². The Morgan fingerprint density at radius 2 is 1.08 bits per heavy atom. The quantitative estimate of drug-likeness (QED) is 0.539. The van der Waals surface area contributed by atoms with Crippen LogP contribution in [-0.2, 0) is 27.7 Å². The van der Waals surface area contributed by atoms with Crippen molar-refractivity contribution in [3.63, 3.8) is 0 Å². The summed E-state index contributed by atoms with van der Waals surface area (Å²) in [7, 11) is -4.20. The lowest BCUT2D eigenvalue weighted by Gasteiger charge is -2.26. The second-order valence-electron chi connectivity index (χ2n) is 5.19. The maximum atomic E-state index is 12.1. The van der Waals surface area contributed by atoms with Gasteiger partial charge in [0.2, 0.25) is 0 Å². The topological polar surface area (TPSA) is 78.9 Å². The lowest BCUT2D eigenvalue weighted by molar-refractivity contribution is -0.143. The standard InChI is InChI=1S/C19H22O6Si/c1-5-8-17(20)23-26(24-18(21)9-6-2,25-19(22)10-7-3)16-13-11-15(4)12-14-16/h5-14H,1-4H3. The Hall–Kier alpha value is -2.93. The van der Waals surface area contributed by atoms with Crippen molar-refractivity contribution in [2.45, 2.75) is 27.7 Å². The fraction of sp³-hybridized carbons (Fsp3) is 0.211. The van der Waals surface area contributed by atoms with E-state index >= 15 is 0 Å². The van der Waals surface area contributed by atoms with E-state index in [1.165, 1.54) is 18.2 Å². The molecule has 0 aromatic heterocycles. The molecule has 0 aliphatic heterocycles. The number of hydrogen-bond acceptors (Lipinski definition) is 6. The molecule has 1 aromatic carbocycles. The molecule has 0 heterocycles. The molecule has 0 spiro atoms. The Morgan fingerprint density at radius 1 is 0.731 bits per heavy atom. The van der Waals surface area contributed by atoms with Crippen LogP contribution in [0.2, 0.25) is 0 Å². The van der Waals surface area contributed by atoms with E-state index in [9.17, 15) is 14.4 Å². The summed E-state index contributed by atoms with van der Waals surface area (Å²) >= 11 is 0. The highest BCUT2D eigenvalue weighted by molar-refractivity contribution is 6.79. The van der Waals surface area contributed by atoms with Gasteiger partial charge in [-0.05, 0) is 27.7 Å². The molecular weight excluding hydrogens is 352 g/mol. The molecular formula is C19H22O6Si. The van der Waals surface area contributed by atoms with Gasteiger partial charge in [0, 0.05) is 18.2 Å². The van der Waals surface area contributed by atoms with Crippen molar-refractivity contribution in [1.82, 2.24) is 0 Å². The zero-order chi connectivity index (χ0) is 19.6. The molecule has 0 aliphatic carbocycles. The SMILES string of the molecule is CC=CC(=O)O[Si](OC(=O)C=CC)(OC(=O)C=CC)c1ccc(C)cc1. The van der Waals surface area contributed by atoms with Crippen LogP contribution >= 0.6 is 0 Å². The third-order valence-corrected chi connectivity index (χ3v) is 5.47. The van der Waals surface area contributed by atoms with Gasteiger partial charge in [-0.2, -0.15) is 0 Å². The molecule has 26 heavy (non-hydrogen) atoms. The average Bonchev–Trinajstić information content (AvgIpc) is 2.55. The Kier molecular flexibility index (Phi) is 8.24. The number of carbonyl (C=O) groups is 3. The van der Waals surface area contributed by atoms with Gasteiger partial charge < -0.3 is 13.3 Å². The van der Waals surface area contributed by atoms with Crippen molar-refractivity contribution in [3.05, 3.63) is 66.3 Å². The van der Waals surface area contributed by atoms with Crippen LogP contribution in [0, 0.1) is 6.92 Å². The van der Waals surface area contributed by atoms with E-state index in [-0.39, 0.29) is 0 Å². The molecule has 7 heteroatoms. The summed E-state index contributed by atoms with van der Waals surface area (Å²) in [5.41, 5.74) is 0.941. The second-order valence-corrected chi connectivity index (χ2v) is 7.49.